The molecule has 0 amide bonds. The zero-order chi connectivity index (χ0) is 14.9. The fourth-order valence-corrected chi connectivity index (χ4v) is 2.37. The van der Waals surface area contributed by atoms with Crippen molar-refractivity contribution in [1.82, 2.24) is 20.0 Å². The molecule has 110 valence electrons. The molecule has 7 nitrogen and oxygen atoms in total. The number of ether oxygens (including phenoxy) is 3. The summed E-state index contributed by atoms with van der Waals surface area (Å²) in [7, 11) is 1.59. The van der Waals surface area contributed by atoms with E-state index >= 15 is 0 Å². The number of benzene rings is 1. The van der Waals surface area contributed by atoms with Gasteiger partial charge in [0.1, 0.15) is 0 Å². The van der Waals surface area contributed by atoms with Crippen LogP contribution in [0.25, 0.3) is 16.9 Å². The largest absolute Gasteiger partial charge is 0.493 e. The molecule has 22 heavy (non-hydrogen) atoms. The highest BCUT2D eigenvalue weighted by Gasteiger charge is 2.22. The molecule has 0 aliphatic carbocycles. The van der Waals surface area contributed by atoms with Crippen molar-refractivity contribution in [2.75, 3.05) is 13.9 Å². The van der Waals surface area contributed by atoms with Gasteiger partial charge in [0.05, 0.1) is 24.7 Å². The van der Waals surface area contributed by atoms with Gasteiger partial charge in [-0.1, -0.05) is 5.21 Å². The molecule has 0 saturated carbocycles. The molecule has 0 spiro atoms. The van der Waals surface area contributed by atoms with Crippen LogP contribution in [0, 0.1) is 0 Å². The Kier molecular flexibility index (Phi) is 2.89. The Bertz CT molecular complexity index is 817. The van der Waals surface area contributed by atoms with Gasteiger partial charge in [0, 0.05) is 30.1 Å². The van der Waals surface area contributed by atoms with E-state index < -0.39 is 0 Å². The summed E-state index contributed by atoms with van der Waals surface area (Å²) < 4.78 is 17.9. The second-order valence-corrected chi connectivity index (χ2v) is 4.65. The molecule has 3 heterocycles. The van der Waals surface area contributed by atoms with Crippen LogP contribution in [0.4, 0.5) is 0 Å². The molecular formula is C15H12N4O3. The molecule has 1 aliphatic rings. The summed E-state index contributed by atoms with van der Waals surface area (Å²) in [5, 5.41) is 8.15. The minimum absolute atomic E-state index is 0.183. The first-order valence-corrected chi connectivity index (χ1v) is 6.66. The SMILES string of the molecule is COc1cc(-n2nncc2-c2cccnc2)cc2c1OCO2. The second-order valence-electron chi connectivity index (χ2n) is 4.65. The zero-order valence-corrected chi connectivity index (χ0v) is 11.8. The van der Waals surface area contributed by atoms with Crippen LogP contribution in [0.3, 0.4) is 0 Å². The Morgan fingerprint density at radius 1 is 1.23 bits per heavy atom. The molecule has 3 aromatic rings. The third-order valence-electron chi connectivity index (χ3n) is 3.39. The van der Waals surface area contributed by atoms with E-state index in [1.165, 1.54) is 0 Å². The second kappa shape index (κ2) is 5.03. The molecule has 0 N–H and O–H groups in total. The molecule has 0 fully saturated rings. The maximum absolute atomic E-state index is 5.45. The highest BCUT2D eigenvalue weighted by atomic mass is 16.7. The Morgan fingerprint density at radius 3 is 3.00 bits per heavy atom. The van der Waals surface area contributed by atoms with Crippen molar-refractivity contribution in [3.8, 4) is 34.2 Å². The maximum atomic E-state index is 5.45. The Labute approximate surface area is 126 Å². The number of pyridine rings is 1. The summed E-state index contributed by atoms with van der Waals surface area (Å²) >= 11 is 0. The van der Waals surface area contributed by atoms with Gasteiger partial charge >= 0.3 is 0 Å². The van der Waals surface area contributed by atoms with Gasteiger partial charge < -0.3 is 14.2 Å². The lowest BCUT2D eigenvalue weighted by atomic mass is 10.2. The third-order valence-corrected chi connectivity index (χ3v) is 3.39. The molecule has 7 heteroatoms. The van der Waals surface area contributed by atoms with Crippen LogP contribution in [0.1, 0.15) is 0 Å². The molecule has 4 rings (SSSR count). The Balaban J connectivity index is 1.86. The number of fused-ring (bicyclic) bond motifs is 1. The van der Waals surface area contributed by atoms with Crippen molar-refractivity contribution in [2.24, 2.45) is 0 Å². The van der Waals surface area contributed by atoms with Crippen molar-refractivity contribution < 1.29 is 14.2 Å². The topological polar surface area (TPSA) is 71.3 Å². The summed E-state index contributed by atoms with van der Waals surface area (Å²) in [5.74, 6) is 1.83. The van der Waals surface area contributed by atoms with E-state index in [0.717, 1.165) is 16.9 Å². The molecule has 0 unspecified atom stereocenters. The van der Waals surface area contributed by atoms with Crippen molar-refractivity contribution >= 4 is 0 Å². The number of hydrogen-bond acceptors (Lipinski definition) is 6. The summed E-state index contributed by atoms with van der Waals surface area (Å²) in [4.78, 5) is 4.13. The normalized spacial score (nSPS) is 12.4. The van der Waals surface area contributed by atoms with Crippen LogP contribution in [0.5, 0.6) is 17.2 Å². The molecule has 1 aliphatic heterocycles. The minimum Gasteiger partial charge on any atom is -0.493 e. The summed E-state index contributed by atoms with van der Waals surface area (Å²) in [6, 6.07) is 7.50. The maximum Gasteiger partial charge on any atom is 0.231 e. The highest BCUT2D eigenvalue weighted by Crippen LogP contribution is 2.43. The Hall–Kier alpha value is -3.09. The molecule has 0 atom stereocenters. The van der Waals surface area contributed by atoms with Crippen LogP contribution < -0.4 is 14.2 Å². The predicted molar refractivity (Wildman–Crippen MR) is 77.3 cm³/mol. The lowest BCUT2D eigenvalue weighted by molar-refractivity contribution is 0.171. The summed E-state index contributed by atoms with van der Waals surface area (Å²) in [5.41, 5.74) is 2.52. The van der Waals surface area contributed by atoms with E-state index in [9.17, 15) is 0 Å². The molecule has 2 aromatic heterocycles. The first-order valence-electron chi connectivity index (χ1n) is 6.66. The lowest BCUT2D eigenvalue weighted by Gasteiger charge is -2.10. The minimum atomic E-state index is 0.183. The van der Waals surface area contributed by atoms with Gasteiger partial charge in [-0.3, -0.25) is 4.98 Å². The molecule has 1 aromatic carbocycles. The molecular weight excluding hydrogens is 284 g/mol. The lowest BCUT2D eigenvalue weighted by Crippen LogP contribution is -2.00. The number of nitrogens with zero attached hydrogens (tertiary/aromatic N) is 4. The summed E-state index contributed by atoms with van der Waals surface area (Å²) in [6.07, 6.45) is 5.18. The van der Waals surface area contributed by atoms with Crippen LogP contribution in [0.15, 0.2) is 42.9 Å². The monoisotopic (exact) mass is 296 g/mol. The smallest absolute Gasteiger partial charge is 0.231 e. The van der Waals surface area contributed by atoms with Gasteiger partial charge in [0.25, 0.3) is 0 Å². The highest BCUT2D eigenvalue weighted by molar-refractivity contribution is 5.64. The van der Waals surface area contributed by atoms with Crippen molar-refractivity contribution in [3.05, 3.63) is 42.9 Å². The van der Waals surface area contributed by atoms with Crippen LogP contribution in [-0.4, -0.2) is 33.9 Å². The number of methoxy groups -OCH3 is 1. The third kappa shape index (κ3) is 1.95. The zero-order valence-electron chi connectivity index (χ0n) is 11.8. The average Bonchev–Trinajstić information content (AvgIpc) is 3.23. The van der Waals surface area contributed by atoms with Gasteiger partial charge in [-0.15, -0.1) is 5.10 Å². The number of rotatable bonds is 3. The number of aromatic nitrogens is 4. The van der Waals surface area contributed by atoms with Crippen LogP contribution >= 0.6 is 0 Å². The fraction of sp³-hybridized carbons (Fsp3) is 0.133. The quantitative estimate of drug-likeness (QED) is 0.737. The molecule has 0 saturated heterocycles. The van der Waals surface area contributed by atoms with E-state index in [1.54, 1.807) is 30.4 Å². The van der Waals surface area contributed by atoms with Crippen LogP contribution in [-0.2, 0) is 0 Å². The van der Waals surface area contributed by atoms with Gasteiger partial charge in [-0.05, 0) is 12.1 Å². The van der Waals surface area contributed by atoms with E-state index in [1.807, 2.05) is 24.3 Å². The van der Waals surface area contributed by atoms with Gasteiger partial charge in [0.2, 0.25) is 12.5 Å². The first kappa shape index (κ1) is 12.6. The van der Waals surface area contributed by atoms with Gasteiger partial charge in [0.15, 0.2) is 11.5 Å². The first-order chi connectivity index (χ1) is 10.9. The molecule has 0 radical (unpaired) electrons. The Morgan fingerprint density at radius 2 is 2.18 bits per heavy atom. The van der Waals surface area contributed by atoms with Gasteiger partial charge in [-0.2, -0.15) is 0 Å². The molecule has 0 bridgehead atoms. The van der Waals surface area contributed by atoms with Crippen molar-refractivity contribution in [2.45, 2.75) is 0 Å². The van der Waals surface area contributed by atoms with E-state index in [-0.39, 0.29) is 6.79 Å². The van der Waals surface area contributed by atoms with E-state index in [0.29, 0.717) is 17.2 Å². The van der Waals surface area contributed by atoms with E-state index in [2.05, 4.69) is 15.3 Å². The average molecular weight is 296 g/mol. The van der Waals surface area contributed by atoms with Gasteiger partial charge in [-0.25, -0.2) is 4.68 Å². The van der Waals surface area contributed by atoms with Crippen molar-refractivity contribution in [1.29, 1.82) is 0 Å². The predicted octanol–water partition coefficient (Wildman–Crippen LogP) is 2.07. The van der Waals surface area contributed by atoms with Crippen LogP contribution in [0.2, 0.25) is 0 Å². The number of hydrogen-bond donors (Lipinski definition) is 0. The van der Waals surface area contributed by atoms with Crippen molar-refractivity contribution in [3.63, 3.8) is 0 Å². The fourth-order valence-electron chi connectivity index (χ4n) is 2.37. The standard InChI is InChI=1S/C15H12N4O3/c1-20-13-5-11(6-14-15(13)22-9-21-14)19-12(8-17-18-19)10-3-2-4-16-7-10/h2-8H,9H2,1H3. The summed E-state index contributed by atoms with van der Waals surface area (Å²) in [6.45, 7) is 0.183. The van der Waals surface area contributed by atoms with E-state index in [4.69, 9.17) is 14.2 Å².